The molecule has 25 heavy (non-hydrogen) atoms. The maximum Gasteiger partial charge on any atom is 0.224 e. The third kappa shape index (κ3) is 5.49. The number of hydrogen-bond donors (Lipinski definition) is 2. The summed E-state index contributed by atoms with van der Waals surface area (Å²) in [5, 5.41) is 3.25. The Kier molecular flexibility index (Phi) is 7.80. The van der Waals surface area contributed by atoms with E-state index in [9.17, 15) is 4.79 Å². The van der Waals surface area contributed by atoms with Crippen LogP contribution in [0.3, 0.4) is 0 Å². The fraction of sp³-hybridized carbons (Fsp3) is 0.556. The summed E-state index contributed by atoms with van der Waals surface area (Å²) in [4.78, 5) is 18.4. The highest BCUT2D eigenvalue weighted by atomic mass is 127. The van der Waals surface area contributed by atoms with Crippen molar-refractivity contribution in [2.75, 3.05) is 26.2 Å². The van der Waals surface area contributed by atoms with E-state index in [1.807, 2.05) is 29.2 Å². The Bertz CT molecular complexity index is 602. The van der Waals surface area contributed by atoms with Crippen LogP contribution in [0.4, 0.5) is 0 Å². The number of nitrogens with two attached hydrogens (primary N) is 1. The highest BCUT2D eigenvalue weighted by molar-refractivity contribution is 14.0. The van der Waals surface area contributed by atoms with Gasteiger partial charge in [-0.2, -0.15) is 0 Å². The van der Waals surface area contributed by atoms with Gasteiger partial charge in [0.1, 0.15) is 5.75 Å². The molecule has 1 unspecified atom stereocenters. The van der Waals surface area contributed by atoms with E-state index in [0.717, 1.165) is 43.7 Å². The maximum absolute atomic E-state index is 12.1. The van der Waals surface area contributed by atoms with Crippen LogP contribution >= 0.6 is 24.0 Å². The molecular formula is C18H27IN4O2. The van der Waals surface area contributed by atoms with Crippen molar-refractivity contribution >= 4 is 35.8 Å². The van der Waals surface area contributed by atoms with E-state index in [4.69, 9.17) is 10.5 Å². The summed E-state index contributed by atoms with van der Waals surface area (Å²) in [6.07, 6.45) is 4.72. The van der Waals surface area contributed by atoms with Crippen LogP contribution in [0.5, 0.6) is 5.75 Å². The van der Waals surface area contributed by atoms with Gasteiger partial charge in [0.25, 0.3) is 0 Å². The molecule has 3 rings (SSSR count). The Morgan fingerprint density at radius 3 is 2.84 bits per heavy atom. The predicted molar refractivity (Wildman–Crippen MR) is 109 cm³/mol. The number of aliphatic imine (C=N–C) groups is 1. The Morgan fingerprint density at radius 1 is 1.28 bits per heavy atom. The number of nitrogens with zero attached hydrogens (tertiary/aromatic N) is 2. The van der Waals surface area contributed by atoms with Gasteiger partial charge in [-0.1, -0.05) is 18.2 Å². The minimum Gasteiger partial charge on any atom is -0.493 e. The second kappa shape index (κ2) is 9.84. The summed E-state index contributed by atoms with van der Waals surface area (Å²) in [5.41, 5.74) is 7.10. The summed E-state index contributed by atoms with van der Waals surface area (Å²) in [6.45, 7) is 2.86. The lowest BCUT2D eigenvalue weighted by atomic mass is 10.0. The third-order valence-corrected chi connectivity index (χ3v) is 4.60. The normalized spacial score (nSPS) is 20.1. The van der Waals surface area contributed by atoms with Crippen LogP contribution in [-0.2, 0) is 4.79 Å². The molecule has 0 radical (unpaired) electrons. The summed E-state index contributed by atoms with van der Waals surface area (Å²) in [7, 11) is 0. The molecule has 0 spiro atoms. The number of carbonyl (C=O) groups excluding carboxylic acids is 1. The molecule has 7 heteroatoms. The number of piperidine rings is 1. The first-order valence-corrected chi connectivity index (χ1v) is 8.80. The number of nitrogens with one attached hydrogen (secondary N) is 1. The second-order valence-electron chi connectivity index (χ2n) is 6.33. The topological polar surface area (TPSA) is 80.0 Å². The fourth-order valence-corrected chi connectivity index (χ4v) is 3.29. The zero-order valence-electron chi connectivity index (χ0n) is 14.4. The summed E-state index contributed by atoms with van der Waals surface area (Å²) < 4.78 is 5.64. The van der Waals surface area contributed by atoms with Gasteiger partial charge < -0.3 is 20.7 Å². The molecule has 2 aliphatic heterocycles. The van der Waals surface area contributed by atoms with E-state index in [2.05, 4.69) is 10.3 Å². The van der Waals surface area contributed by atoms with E-state index >= 15 is 0 Å². The molecule has 2 aliphatic rings. The molecule has 1 amide bonds. The largest absolute Gasteiger partial charge is 0.493 e. The molecule has 1 atom stereocenters. The van der Waals surface area contributed by atoms with Crippen molar-refractivity contribution < 1.29 is 9.53 Å². The first-order chi connectivity index (χ1) is 11.7. The van der Waals surface area contributed by atoms with Crippen LogP contribution < -0.4 is 15.8 Å². The number of hydrogen-bond acceptors (Lipinski definition) is 3. The van der Waals surface area contributed by atoms with Gasteiger partial charge in [0.15, 0.2) is 5.96 Å². The second-order valence-corrected chi connectivity index (χ2v) is 6.33. The predicted octanol–water partition coefficient (Wildman–Crippen LogP) is 2.44. The van der Waals surface area contributed by atoms with Gasteiger partial charge in [0.2, 0.25) is 5.91 Å². The molecule has 138 valence electrons. The van der Waals surface area contributed by atoms with Crippen molar-refractivity contribution in [2.45, 2.75) is 38.1 Å². The van der Waals surface area contributed by atoms with Gasteiger partial charge in [-0.3, -0.25) is 9.79 Å². The number of carbonyl (C=O) groups is 1. The number of guanidine groups is 1. The number of amides is 1. The summed E-state index contributed by atoms with van der Waals surface area (Å²) in [6, 6.07) is 8.07. The minimum absolute atomic E-state index is 0. The molecule has 1 fully saturated rings. The average Bonchev–Trinajstić information content (AvgIpc) is 2.63. The van der Waals surface area contributed by atoms with Crippen molar-refractivity contribution in [1.29, 1.82) is 0 Å². The Hall–Kier alpha value is -1.51. The SMILES string of the molecule is I.NC(=NCCC(=O)N1CCCCC1)NC1CCOc2ccccc21. The number of fused-ring (bicyclic) bond motifs is 1. The van der Waals surface area contributed by atoms with E-state index in [0.29, 0.717) is 25.5 Å². The fourth-order valence-electron chi connectivity index (χ4n) is 3.29. The Balaban J connectivity index is 0.00000225. The standard InChI is InChI=1S/C18H26N4O2.HI/c19-18(20-10-8-17(23)22-11-4-1-5-12-22)21-15-9-13-24-16-7-3-2-6-14(15)16;/h2-3,6-7,15H,1,4-5,8-13H2,(H3,19,20,21);1H. The van der Waals surface area contributed by atoms with Crippen LogP contribution in [0.15, 0.2) is 29.3 Å². The first kappa shape index (κ1) is 19.8. The van der Waals surface area contributed by atoms with Gasteiger partial charge in [0, 0.05) is 31.5 Å². The molecule has 1 aromatic rings. The highest BCUT2D eigenvalue weighted by Gasteiger charge is 2.21. The summed E-state index contributed by atoms with van der Waals surface area (Å²) >= 11 is 0. The van der Waals surface area contributed by atoms with E-state index in [-0.39, 0.29) is 35.9 Å². The van der Waals surface area contributed by atoms with Crippen molar-refractivity contribution in [3.8, 4) is 5.75 Å². The lowest BCUT2D eigenvalue weighted by molar-refractivity contribution is -0.131. The number of para-hydroxylation sites is 1. The molecule has 1 saturated heterocycles. The van der Waals surface area contributed by atoms with Crippen LogP contribution in [0.25, 0.3) is 0 Å². The van der Waals surface area contributed by atoms with Crippen molar-refractivity contribution in [3.63, 3.8) is 0 Å². The van der Waals surface area contributed by atoms with Gasteiger partial charge in [-0.15, -0.1) is 24.0 Å². The molecule has 1 aromatic carbocycles. The molecular weight excluding hydrogens is 431 g/mol. The number of halogens is 1. The van der Waals surface area contributed by atoms with Crippen LogP contribution in [0.2, 0.25) is 0 Å². The van der Waals surface area contributed by atoms with Crippen LogP contribution in [-0.4, -0.2) is 43.0 Å². The van der Waals surface area contributed by atoms with E-state index in [1.165, 1.54) is 6.42 Å². The number of ether oxygens (including phenoxy) is 1. The van der Waals surface area contributed by atoms with Crippen molar-refractivity contribution in [1.82, 2.24) is 10.2 Å². The molecule has 0 aliphatic carbocycles. The number of rotatable bonds is 4. The first-order valence-electron chi connectivity index (χ1n) is 8.80. The molecule has 3 N–H and O–H groups in total. The van der Waals surface area contributed by atoms with E-state index < -0.39 is 0 Å². The zero-order chi connectivity index (χ0) is 16.8. The van der Waals surface area contributed by atoms with Crippen LogP contribution in [0, 0.1) is 0 Å². The minimum atomic E-state index is 0. The molecule has 0 saturated carbocycles. The summed E-state index contributed by atoms with van der Waals surface area (Å²) in [5.74, 6) is 1.47. The molecule has 2 heterocycles. The lowest BCUT2D eigenvalue weighted by Gasteiger charge is -2.27. The van der Waals surface area contributed by atoms with Gasteiger partial charge >= 0.3 is 0 Å². The zero-order valence-corrected chi connectivity index (χ0v) is 16.8. The van der Waals surface area contributed by atoms with Gasteiger partial charge in [0.05, 0.1) is 19.2 Å². The smallest absolute Gasteiger partial charge is 0.224 e. The highest BCUT2D eigenvalue weighted by Crippen LogP contribution is 2.31. The lowest BCUT2D eigenvalue weighted by Crippen LogP contribution is -2.38. The quantitative estimate of drug-likeness (QED) is 0.413. The molecule has 0 bridgehead atoms. The maximum atomic E-state index is 12.1. The van der Waals surface area contributed by atoms with Gasteiger partial charge in [-0.25, -0.2) is 0 Å². The molecule has 0 aromatic heterocycles. The van der Waals surface area contributed by atoms with Crippen molar-refractivity contribution in [2.24, 2.45) is 10.7 Å². The number of benzene rings is 1. The average molecular weight is 458 g/mol. The van der Waals surface area contributed by atoms with Crippen LogP contribution in [0.1, 0.15) is 43.7 Å². The Labute approximate surface area is 166 Å². The van der Waals surface area contributed by atoms with Gasteiger partial charge in [-0.05, 0) is 25.3 Å². The number of likely N-dealkylation sites (tertiary alicyclic amines) is 1. The monoisotopic (exact) mass is 458 g/mol. The third-order valence-electron chi connectivity index (χ3n) is 4.60. The van der Waals surface area contributed by atoms with Crippen molar-refractivity contribution in [3.05, 3.63) is 29.8 Å². The van der Waals surface area contributed by atoms with E-state index in [1.54, 1.807) is 0 Å². The molecule has 6 nitrogen and oxygen atoms in total. The Morgan fingerprint density at radius 2 is 2.04 bits per heavy atom.